The summed E-state index contributed by atoms with van der Waals surface area (Å²) in [7, 11) is 0. The van der Waals surface area contributed by atoms with E-state index in [1.165, 1.54) is 103 Å². The van der Waals surface area contributed by atoms with E-state index in [0.717, 1.165) is 96.3 Å². The summed E-state index contributed by atoms with van der Waals surface area (Å²) in [5.74, 6) is -0.949. The van der Waals surface area contributed by atoms with Crippen LogP contribution in [-0.4, -0.2) is 37.2 Å². The van der Waals surface area contributed by atoms with Crippen LogP contribution >= 0.6 is 0 Å². The van der Waals surface area contributed by atoms with Gasteiger partial charge in [-0.25, -0.2) is 0 Å². The number of carbonyl (C=O) groups is 3. The smallest absolute Gasteiger partial charge is 0.306 e. The summed E-state index contributed by atoms with van der Waals surface area (Å²) in [6, 6.07) is 0. The van der Waals surface area contributed by atoms with Crippen LogP contribution in [0.15, 0.2) is 60.8 Å². The highest BCUT2D eigenvalue weighted by Gasteiger charge is 2.19. The fourth-order valence-electron chi connectivity index (χ4n) is 6.89. The predicted octanol–water partition coefficient (Wildman–Crippen LogP) is 16.1. The van der Waals surface area contributed by atoms with Crippen LogP contribution in [0.1, 0.15) is 239 Å². The lowest BCUT2D eigenvalue weighted by Gasteiger charge is -2.18. The van der Waals surface area contributed by atoms with Gasteiger partial charge in [0.25, 0.3) is 0 Å². The number of rotatable bonds is 44. The normalized spacial score (nSPS) is 12.5. The first kappa shape index (κ1) is 56.1. The third-order valence-corrected chi connectivity index (χ3v) is 10.6. The highest BCUT2D eigenvalue weighted by atomic mass is 16.6. The van der Waals surface area contributed by atoms with Crippen LogP contribution in [0.3, 0.4) is 0 Å². The third-order valence-electron chi connectivity index (χ3n) is 10.6. The molecule has 0 aromatic carbocycles. The zero-order valence-electron chi connectivity index (χ0n) is 38.8. The van der Waals surface area contributed by atoms with Gasteiger partial charge in [-0.05, 0) is 64.2 Å². The monoisotopic (exact) mass is 825 g/mol. The van der Waals surface area contributed by atoms with Gasteiger partial charge in [0.05, 0.1) is 0 Å². The van der Waals surface area contributed by atoms with Gasteiger partial charge in [-0.2, -0.15) is 0 Å². The van der Waals surface area contributed by atoms with Gasteiger partial charge in [-0.1, -0.05) is 216 Å². The van der Waals surface area contributed by atoms with Crippen molar-refractivity contribution in [1.82, 2.24) is 0 Å². The molecule has 0 aromatic rings. The summed E-state index contributed by atoms with van der Waals surface area (Å²) in [5, 5.41) is 0. The lowest BCUT2D eigenvalue weighted by molar-refractivity contribution is -0.167. The topological polar surface area (TPSA) is 78.9 Å². The fraction of sp³-hybridized carbons (Fsp3) is 0.755. The Morgan fingerprint density at radius 2 is 0.746 bits per heavy atom. The molecule has 0 aromatic heterocycles. The standard InChI is InChI=1S/C53H92O6/c1-4-7-10-13-16-19-21-23-24-25-26-27-28-30-31-34-37-40-43-46-52(55)58-49-50(48-57-51(54)45-42-39-36-33-18-15-12-9-6-3)59-53(56)47-44-41-38-35-32-29-22-20-17-14-11-8-5-2/h8-9,11-12,14,17-18,20,22,33,50H,4-7,10,13,15-16,19,21,23-32,34-49H2,1-3H3/b11-8-,12-9-,17-14-,22-20-,33-18-. The van der Waals surface area contributed by atoms with Crippen LogP contribution in [0, 0.1) is 0 Å². The molecule has 0 aliphatic carbocycles. The molecule has 0 fully saturated rings. The van der Waals surface area contributed by atoms with Crippen molar-refractivity contribution in [2.75, 3.05) is 13.2 Å². The fourth-order valence-corrected chi connectivity index (χ4v) is 6.89. The van der Waals surface area contributed by atoms with E-state index in [2.05, 4.69) is 81.5 Å². The number of ether oxygens (including phenoxy) is 3. The Bertz CT molecular complexity index is 1090. The number of esters is 3. The van der Waals surface area contributed by atoms with Crippen molar-refractivity contribution in [1.29, 1.82) is 0 Å². The first-order chi connectivity index (χ1) is 29.0. The maximum Gasteiger partial charge on any atom is 0.306 e. The molecule has 59 heavy (non-hydrogen) atoms. The molecule has 1 unspecified atom stereocenters. The van der Waals surface area contributed by atoms with Crippen LogP contribution in [0.25, 0.3) is 0 Å². The number of hydrogen-bond acceptors (Lipinski definition) is 6. The molecule has 1 atom stereocenters. The Labute approximate surface area is 364 Å². The number of allylic oxidation sites excluding steroid dienone is 10. The summed E-state index contributed by atoms with van der Waals surface area (Å²) < 4.78 is 16.7. The zero-order valence-corrected chi connectivity index (χ0v) is 38.8. The Morgan fingerprint density at radius 1 is 0.373 bits per heavy atom. The third kappa shape index (κ3) is 46.0. The van der Waals surface area contributed by atoms with Gasteiger partial charge in [-0.15, -0.1) is 0 Å². The minimum absolute atomic E-state index is 0.0914. The van der Waals surface area contributed by atoms with Gasteiger partial charge >= 0.3 is 17.9 Å². The molecule has 0 radical (unpaired) electrons. The molecule has 0 saturated heterocycles. The minimum Gasteiger partial charge on any atom is -0.462 e. The van der Waals surface area contributed by atoms with E-state index in [0.29, 0.717) is 19.3 Å². The first-order valence-electron chi connectivity index (χ1n) is 24.8. The average molecular weight is 825 g/mol. The number of unbranched alkanes of at least 4 members (excludes halogenated alkanes) is 25. The van der Waals surface area contributed by atoms with Crippen molar-refractivity contribution in [2.45, 2.75) is 245 Å². The highest BCUT2D eigenvalue weighted by molar-refractivity contribution is 5.71. The summed E-state index contributed by atoms with van der Waals surface area (Å²) in [6.45, 7) is 6.34. The Kier molecular flexibility index (Phi) is 45.4. The predicted molar refractivity (Wildman–Crippen MR) is 251 cm³/mol. The van der Waals surface area contributed by atoms with Crippen LogP contribution in [-0.2, 0) is 28.6 Å². The van der Waals surface area contributed by atoms with E-state index in [-0.39, 0.29) is 31.1 Å². The van der Waals surface area contributed by atoms with Gasteiger partial charge in [0.2, 0.25) is 0 Å². The summed E-state index contributed by atoms with van der Waals surface area (Å²) in [4.78, 5) is 37.8. The van der Waals surface area contributed by atoms with Crippen molar-refractivity contribution in [2.24, 2.45) is 0 Å². The molecule has 340 valence electrons. The van der Waals surface area contributed by atoms with Crippen molar-refractivity contribution >= 4 is 17.9 Å². The van der Waals surface area contributed by atoms with Crippen LogP contribution in [0.5, 0.6) is 0 Å². The maximum absolute atomic E-state index is 12.7. The molecule has 0 heterocycles. The van der Waals surface area contributed by atoms with Crippen molar-refractivity contribution < 1.29 is 28.6 Å². The van der Waals surface area contributed by atoms with Crippen LogP contribution in [0.4, 0.5) is 0 Å². The molecule has 6 nitrogen and oxygen atoms in total. The van der Waals surface area contributed by atoms with E-state index in [4.69, 9.17) is 14.2 Å². The number of hydrogen-bond donors (Lipinski definition) is 0. The highest BCUT2D eigenvalue weighted by Crippen LogP contribution is 2.16. The molecule has 0 saturated carbocycles. The second-order valence-electron chi connectivity index (χ2n) is 16.4. The minimum atomic E-state index is -0.794. The van der Waals surface area contributed by atoms with E-state index >= 15 is 0 Å². The molecule has 0 aliphatic rings. The van der Waals surface area contributed by atoms with Crippen LogP contribution < -0.4 is 0 Å². The molecule has 0 spiro atoms. The summed E-state index contributed by atoms with van der Waals surface area (Å²) >= 11 is 0. The molecule has 0 N–H and O–H groups in total. The lowest BCUT2D eigenvalue weighted by Crippen LogP contribution is -2.30. The van der Waals surface area contributed by atoms with E-state index in [1.54, 1.807) is 0 Å². The first-order valence-corrected chi connectivity index (χ1v) is 24.8. The van der Waals surface area contributed by atoms with Gasteiger partial charge < -0.3 is 14.2 Å². The van der Waals surface area contributed by atoms with Crippen molar-refractivity contribution in [3.05, 3.63) is 60.8 Å². The Hall–Kier alpha value is -2.89. The summed E-state index contributed by atoms with van der Waals surface area (Å²) in [6.07, 6.45) is 58.0. The van der Waals surface area contributed by atoms with Crippen molar-refractivity contribution in [3.8, 4) is 0 Å². The van der Waals surface area contributed by atoms with E-state index in [1.807, 2.05) is 0 Å². The van der Waals surface area contributed by atoms with Gasteiger partial charge in [0.1, 0.15) is 13.2 Å². The SMILES string of the molecule is CC\C=C/C=C\C=C/CCCCCCCC(=O)OC(COC(=O)CCCC/C=C\C/C=C\CC)COC(=O)CCCCCCCCCCCCCCCCCCCCC. The quantitative estimate of drug-likeness (QED) is 0.0200. The van der Waals surface area contributed by atoms with Gasteiger partial charge in [-0.3, -0.25) is 14.4 Å². The second kappa shape index (κ2) is 47.8. The molecule has 0 bridgehead atoms. The average Bonchev–Trinajstić information content (AvgIpc) is 3.23. The van der Waals surface area contributed by atoms with E-state index in [9.17, 15) is 14.4 Å². The largest absolute Gasteiger partial charge is 0.462 e. The lowest BCUT2D eigenvalue weighted by atomic mass is 10.0. The van der Waals surface area contributed by atoms with Gasteiger partial charge in [0, 0.05) is 19.3 Å². The van der Waals surface area contributed by atoms with E-state index < -0.39 is 6.10 Å². The Balaban J connectivity index is 4.30. The van der Waals surface area contributed by atoms with Crippen LogP contribution in [0.2, 0.25) is 0 Å². The molecular formula is C53H92O6. The second-order valence-corrected chi connectivity index (χ2v) is 16.4. The zero-order chi connectivity index (χ0) is 43.0. The molecule has 0 aliphatic heterocycles. The maximum atomic E-state index is 12.7. The van der Waals surface area contributed by atoms with Gasteiger partial charge in [0.15, 0.2) is 6.10 Å². The molecule has 0 amide bonds. The molecular weight excluding hydrogens is 733 g/mol. The molecule has 6 heteroatoms. The Morgan fingerprint density at radius 3 is 1.24 bits per heavy atom. The van der Waals surface area contributed by atoms with Crippen molar-refractivity contribution in [3.63, 3.8) is 0 Å². The summed E-state index contributed by atoms with van der Waals surface area (Å²) in [5.41, 5.74) is 0. The molecule has 0 rings (SSSR count). The number of carbonyl (C=O) groups excluding carboxylic acids is 3.